The third-order valence-corrected chi connectivity index (χ3v) is 4.97. The third kappa shape index (κ3) is 4.31. The molecule has 4 rings (SSSR count). The molecule has 0 saturated carbocycles. The van der Waals surface area contributed by atoms with Gasteiger partial charge in [-0.3, -0.25) is 14.3 Å². The first kappa shape index (κ1) is 21.1. The number of hydrazone groups is 1. The fourth-order valence-corrected chi connectivity index (χ4v) is 3.34. The van der Waals surface area contributed by atoms with Crippen LogP contribution in [0.1, 0.15) is 31.0 Å². The summed E-state index contributed by atoms with van der Waals surface area (Å²) in [5.41, 5.74) is 4.48. The SMILES string of the molecule is CC(C)n1c(NN=Cc2ccc(OCc3ccccc3)cc2)nc2c1c(=O)[nH]c(=O)n2C. The van der Waals surface area contributed by atoms with Gasteiger partial charge in [0.1, 0.15) is 12.4 Å². The lowest BCUT2D eigenvalue weighted by molar-refractivity contribution is 0.306. The second-order valence-electron chi connectivity index (χ2n) is 7.60. The average Bonchev–Trinajstić information content (AvgIpc) is 3.18. The van der Waals surface area contributed by atoms with E-state index in [4.69, 9.17) is 4.74 Å². The van der Waals surface area contributed by atoms with Crippen molar-refractivity contribution in [1.82, 2.24) is 19.1 Å². The average molecular weight is 432 g/mol. The number of anilines is 1. The number of nitrogens with one attached hydrogen (secondary N) is 2. The Bertz CT molecular complexity index is 1370. The van der Waals surface area contributed by atoms with Gasteiger partial charge in [0.25, 0.3) is 5.56 Å². The Morgan fingerprint density at radius 2 is 1.84 bits per heavy atom. The highest BCUT2D eigenvalue weighted by molar-refractivity contribution is 5.80. The molecule has 0 spiro atoms. The molecule has 0 aliphatic heterocycles. The Balaban J connectivity index is 1.50. The molecule has 0 bridgehead atoms. The Hall–Kier alpha value is -4.14. The van der Waals surface area contributed by atoms with Gasteiger partial charge in [-0.1, -0.05) is 30.3 Å². The summed E-state index contributed by atoms with van der Waals surface area (Å²) in [6.45, 7) is 4.35. The molecule has 0 unspecified atom stereocenters. The Labute approximate surface area is 184 Å². The second kappa shape index (κ2) is 8.93. The summed E-state index contributed by atoms with van der Waals surface area (Å²) in [6, 6.07) is 17.4. The number of H-pyrrole nitrogens is 1. The molecule has 2 aromatic carbocycles. The van der Waals surface area contributed by atoms with Gasteiger partial charge in [-0.25, -0.2) is 10.2 Å². The van der Waals surface area contributed by atoms with Crippen molar-refractivity contribution in [2.75, 3.05) is 5.43 Å². The molecule has 0 saturated heterocycles. The standard InChI is InChI=1S/C23H24N6O3/c1-15(2)29-19-20(28(3)23(31)26-21(19)30)25-22(29)27-24-13-16-9-11-18(12-10-16)32-14-17-7-5-4-6-8-17/h4-13,15H,14H2,1-3H3,(H,25,27)(H,26,30,31). The molecule has 0 atom stereocenters. The van der Waals surface area contributed by atoms with Crippen LogP contribution < -0.4 is 21.4 Å². The molecule has 32 heavy (non-hydrogen) atoms. The van der Waals surface area contributed by atoms with Gasteiger partial charge in [0.15, 0.2) is 11.2 Å². The molecule has 2 N–H and O–H groups in total. The van der Waals surface area contributed by atoms with Crippen molar-refractivity contribution in [2.24, 2.45) is 12.1 Å². The van der Waals surface area contributed by atoms with Crippen LogP contribution in [0.15, 0.2) is 69.3 Å². The molecule has 4 aromatic rings. The Morgan fingerprint density at radius 1 is 1.12 bits per heavy atom. The van der Waals surface area contributed by atoms with Crippen molar-refractivity contribution >= 4 is 23.3 Å². The van der Waals surface area contributed by atoms with Crippen LogP contribution in [0.25, 0.3) is 11.2 Å². The summed E-state index contributed by atoms with van der Waals surface area (Å²) in [7, 11) is 1.56. The van der Waals surface area contributed by atoms with E-state index in [-0.39, 0.29) is 6.04 Å². The first-order valence-corrected chi connectivity index (χ1v) is 10.2. The third-order valence-electron chi connectivity index (χ3n) is 4.97. The summed E-state index contributed by atoms with van der Waals surface area (Å²) in [5.74, 6) is 1.14. The molecule has 0 aliphatic rings. The quantitative estimate of drug-likeness (QED) is 0.345. The van der Waals surface area contributed by atoms with Crippen LogP contribution in [0.3, 0.4) is 0 Å². The predicted octanol–water partition coefficient (Wildman–Crippen LogP) is 3.03. The first-order chi connectivity index (χ1) is 15.4. The van der Waals surface area contributed by atoms with Gasteiger partial charge in [-0.2, -0.15) is 10.1 Å². The second-order valence-corrected chi connectivity index (χ2v) is 7.60. The summed E-state index contributed by atoms with van der Waals surface area (Å²) < 4.78 is 8.81. The lowest BCUT2D eigenvalue weighted by atomic mass is 10.2. The normalized spacial score (nSPS) is 11.5. The number of ether oxygens (including phenoxy) is 1. The summed E-state index contributed by atoms with van der Waals surface area (Å²) in [5, 5.41) is 4.26. The molecular weight excluding hydrogens is 408 g/mol. The highest BCUT2D eigenvalue weighted by Crippen LogP contribution is 2.21. The molecular formula is C23H24N6O3. The van der Waals surface area contributed by atoms with Crippen LogP contribution in [-0.4, -0.2) is 25.3 Å². The molecule has 0 radical (unpaired) electrons. The van der Waals surface area contributed by atoms with E-state index in [1.807, 2.05) is 68.4 Å². The van der Waals surface area contributed by atoms with E-state index < -0.39 is 11.2 Å². The van der Waals surface area contributed by atoms with Gasteiger partial charge in [0.2, 0.25) is 5.95 Å². The fraction of sp³-hybridized carbons (Fsp3) is 0.217. The van der Waals surface area contributed by atoms with Crippen molar-refractivity contribution in [3.05, 3.63) is 86.6 Å². The number of imidazole rings is 1. The maximum absolute atomic E-state index is 12.4. The Kier molecular flexibility index (Phi) is 5.89. The zero-order valence-corrected chi connectivity index (χ0v) is 18.1. The van der Waals surface area contributed by atoms with Gasteiger partial charge in [-0.15, -0.1) is 0 Å². The first-order valence-electron chi connectivity index (χ1n) is 10.2. The number of benzene rings is 2. The fourth-order valence-electron chi connectivity index (χ4n) is 3.34. The number of rotatable bonds is 7. The molecule has 0 amide bonds. The van der Waals surface area contributed by atoms with Crippen molar-refractivity contribution in [3.8, 4) is 5.75 Å². The van der Waals surface area contributed by atoms with Crippen LogP contribution in [0.2, 0.25) is 0 Å². The molecule has 0 aliphatic carbocycles. The van der Waals surface area contributed by atoms with Crippen LogP contribution in [0.4, 0.5) is 5.95 Å². The number of aromatic amines is 1. The van der Waals surface area contributed by atoms with Crippen molar-refractivity contribution < 1.29 is 4.74 Å². The molecule has 9 nitrogen and oxygen atoms in total. The number of nitrogens with zero attached hydrogens (tertiary/aromatic N) is 4. The summed E-state index contributed by atoms with van der Waals surface area (Å²) in [4.78, 5) is 31.0. The number of hydrogen-bond acceptors (Lipinski definition) is 6. The maximum Gasteiger partial charge on any atom is 0.329 e. The van der Waals surface area contributed by atoms with Crippen molar-refractivity contribution in [2.45, 2.75) is 26.5 Å². The van der Waals surface area contributed by atoms with Crippen molar-refractivity contribution in [3.63, 3.8) is 0 Å². The van der Waals surface area contributed by atoms with Gasteiger partial charge in [-0.05, 0) is 49.2 Å². The van der Waals surface area contributed by atoms with Gasteiger partial charge >= 0.3 is 5.69 Å². The highest BCUT2D eigenvalue weighted by atomic mass is 16.5. The van der Waals surface area contributed by atoms with Crippen LogP contribution in [0, 0.1) is 0 Å². The summed E-state index contributed by atoms with van der Waals surface area (Å²) >= 11 is 0. The number of hydrogen-bond donors (Lipinski definition) is 2. The van der Waals surface area contributed by atoms with E-state index >= 15 is 0 Å². The molecule has 9 heteroatoms. The zero-order chi connectivity index (χ0) is 22.7. The zero-order valence-electron chi connectivity index (χ0n) is 18.1. The van der Waals surface area contributed by atoms with E-state index in [0.717, 1.165) is 16.9 Å². The predicted molar refractivity (Wildman–Crippen MR) is 124 cm³/mol. The van der Waals surface area contributed by atoms with Gasteiger partial charge in [0, 0.05) is 13.1 Å². The minimum atomic E-state index is -0.513. The van der Waals surface area contributed by atoms with Crippen LogP contribution in [-0.2, 0) is 13.7 Å². The smallest absolute Gasteiger partial charge is 0.329 e. The van der Waals surface area contributed by atoms with E-state index in [1.54, 1.807) is 17.8 Å². The van der Waals surface area contributed by atoms with Crippen LogP contribution >= 0.6 is 0 Å². The lowest BCUT2D eigenvalue weighted by Gasteiger charge is -2.11. The van der Waals surface area contributed by atoms with Crippen molar-refractivity contribution in [1.29, 1.82) is 0 Å². The largest absolute Gasteiger partial charge is 0.489 e. The van der Waals surface area contributed by atoms with E-state index in [0.29, 0.717) is 23.7 Å². The molecule has 164 valence electrons. The number of aryl methyl sites for hydroxylation is 1. The lowest BCUT2D eigenvalue weighted by Crippen LogP contribution is -2.29. The van der Waals surface area contributed by atoms with Gasteiger partial charge in [0.05, 0.1) is 6.21 Å². The topological polar surface area (TPSA) is 106 Å². The highest BCUT2D eigenvalue weighted by Gasteiger charge is 2.18. The Morgan fingerprint density at radius 3 is 2.53 bits per heavy atom. The maximum atomic E-state index is 12.4. The minimum Gasteiger partial charge on any atom is -0.489 e. The molecule has 2 heterocycles. The summed E-state index contributed by atoms with van der Waals surface area (Å²) in [6.07, 6.45) is 1.65. The van der Waals surface area contributed by atoms with E-state index in [1.165, 1.54) is 4.57 Å². The van der Waals surface area contributed by atoms with Crippen LogP contribution in [0.5, 0.6) is 5.75 Å². The monoisotopic (exact) mass is 432 g/mol. The number of aromatic nitrogens is 4. The minimum absolute atomic E-state index is 0.0719. The van der Waals surface area contributed by atoms with E-state index in [9.17, 15) is 9.59 Å². The molecule has 0 fully saturated rings. The van der Waals surface area contributed by atoms with E-state index in [2.05, 4.69) is 20.5 Å². The molecule has 2 aromatic heterocycles. The number of fused-ring (bicyclic) bond motifs is 1. The van der Waals surface area contributed by atoms with Gasteiger partial charge < -0.3 is 9.30 Å².